The second-order valence-electron chi connectivity index (χ2n) is 10.6. The summed E-state index contributed by atoms with van der Waals surface area (Å²) in [5.74, 6) is 2.75. The first-order valence-electron chi connectivity index (χ1n) is 15.0. The first-order chi connectivity index (χ1) is 21.4. The van der Waals surface area contributed by atoms with E-state index in [1.54, 1.807) is 30.5 Å². The molecule has 4 aromatic rings. The van der Waals surface area contributed by atoms with E-state index in [0.717, 1.165) is 50.1 Å². The zero-order chi connectivity index (χ0) is 31.8. The van der Waals surface area contributed by atoms with Crippen molar-refractivity contribution in [2.45, 2.75) is 58.2 Å². The molecule has 3 aliphatic rings. The van der Waals surface area contributed by atoms with Gasteiger partial charge in [-0.25, -0.2) is 24.0 Å². The van der Waals surface area contributed by atoms with Gasteiger partial charge >= 0.3 is 6.01 Å². The Kier molecular flexibility index (Phi) is 10.9. The first kappa shape index (κ1) is 32.4. The third-order valence-electron chi connectivity index (χ3n) is 8.06. The number of fused-ring (bicyclic) bond motifs is 3. The Hall–Kier alpha value is -4.54. The number of terminal acetylenes is 1. The molecule has 2 aromatic heterocycles. The number of rotatable bonds is 3. The van der Waals surface area contributed by atoms with E-state index >= 15 is 0 Å². The summed E-state index contributed by atoms with van der Waals surface area (Å²) in [7, 11) is 1.51. The van der Waals surface area contributed by atoms with Gasteiger partial charge in [0.2, 0.25) is 0 Å². The fourth-order valence-corrected chi connectivity index (χ4v) is 6.20. The number of ether oxygens (including phenoxy) is 1. The standard InChI is InChI=1S/C24H19FN4O2.C7H12FN.C2H6.CHN/c1-3-16-19(25)7-6-14-10-15(30)11-17(22(14)16)20-12-21-18(13-26-24(28-21)31-2)23(27-20)29-8-4-5-9-29;8-6-4-7-2-1-3-9(7)5-6;2*1-2/h1,6-7,10-13,30H,4-5,8-9H2,2H3;6-7H,1-5H2;1-2H3;1H. The van der Waals surface area contributed by atoms with Crippen LogP contribution in [0.3, 0.4) is 0 Å². The molecule has 0 bridgehead atoms. The van der Waals surface area contributed by atoms with Crippen LogP contribution in [0.15, 0.2) is 36.5 Å². The van der Waals surface area contributed by atoms with Gasteiger partial charge in [0.15, 0.2) is 0 Å². The predicted molar refractivity (Wildman–Crippen MR) is 170 cm³/mol. The summed E-state index contributed by atoms with van der Waals surface area (Å²) in [6.07, 6.45) is 12.3. The number of pyridine rings is 1. The molecule has 0 spiro atoms. The summed E-state index contributed by atoms with van der Waals surface area (Å²) in [6.45, 7) is 11.1. The van der Waals surface area contributed by atoms with Gasteiger partial charge in [0.05, 0.1) is 29.3 Å². The molecule has 2 atom stereocenters. The third-order valence-corrected chi connectivity index (χ3v) is 8.06. The first-order valence-corrected chi connectivity index (χ1v) is 15.0. The van der Waals surface area contributed by atoms with Crippen molar-refractivity contribution in [1.29, 1.82) is 5.26 Å². The number of nitriles is 1. The van der Waals surface area contributed by atoms with Gasteiger partial charge < -0.3 is 14.7 Å². The number of hydrogen-bond donors (Lipinski definition) is 1. The zero-order valence-corrected chi connectivity index (χ0v) is 25.4. The monoisotopic (exact) mass is 600 g/mol. The molecule has 0 radical (unpaired) electrons. The Morgan fingerprint density at radius 3 is 2.50 bits per heavy atom. The van der Waals surface area contributed by atoms with E-state index in [0.29, 0.717) is 40.1 Å². The van der Waals surface area contributed by atoms with Crippen LogP contribution in [0.5, 0.6) is 11.8 Å². The smallest absolute Gasteiger partial charge is 0.316 e. The Morgan fingerprint density at radius 2 is 1.82 bits per heavy atom. The van der Waals surface area contributed by atoms with Crippen LogP contribution in [0, 0.1) is 30.0 Å². The minimum absolute atomic E-state index is 0.0435. The Morgan fingerprint density at radius 1 is 1.07 bits per heavy atom. The van der Waals surface area contributed by atoms with E-state index in [2.05, 4.69) is 32.3 Å². The lowest BCUT2D eigenvalue weighted by molar-refractivity contribution is 0.292. The van der Waals surface area contributed by atoms with Crippen LogP contribution in [0.4, 0.5) is 14.6 Å². The van der Waals surface area contributed by atoms with Gasteiger partial charge in [-0.2, -0.15) is 4.98 Å². The number of phenols is 1. The molecular weight excluding hydrogens is 562 g/mol. The Bertz CT molecular complexity index is 1650. The lowest BCUT2D eigenvalue weighted by Crippen LogP contribution is -2.22. The number of nitrogens with zero attached hydrogens (tertiary/aromatic N) is 6. The number of benzene rings is 2. The molecule has 230 valence electrons. The molecule has 3 fully saturated rings. The van der Waals surface area contributed by atoms with Gasteiger partial charge in [-0.05, 0) is 68.3 Å². The predicted octanol–water partition coefficient (Wildman–Crippen LogP) is 6.64. The van der Waals surface area contributed by atoms with Gasteiger partial charge in [0.1, 0.15) is 23.6 Å². The number of halogens is 2. The lowest BCUT2D eigenvalue weighted by atomic mass is 9.96. The number of aromatic nitrogens is 3. The van der Waals surface area contributed by atoms with Crippen LogP contribution < -0.4 is 9.64 Å². The minimum atomic E-state index is -0.518. The highest BCUT2D eigenvalue weighted by atomic mass is 19.1. The van der Waals surface area contributed by atoms with Gasteiger partial charge in [-0.3, -0.25) is 4.90 Å². The molecule has 0 saturated carbocycles. The Balaban J connectivity index is 0.000000284. The molecule has 3 saturated heterocycles. The zero-order valence-electron chi connectivity index (χ0n) is 25.4. The van der Waals surface area contributed by atoms with Crippen LogP contribution in [-0.4, -0.2) is 70.5 Å². The van der Waals surface area contributed by atoms with Gasteiger partial charge in [-0.1, -0.05) is 25.8 Å². The highest BCUT2D eigenvalue weighted by molar-refractivity contribution is 6.03. The topological polar surface area (TPSA) is 98.4 Å². The maximum Gasteiger partial charge on any atom is 0.316 e. The molecule has 5 heterocycles. The van der Waals surface area contributed by atoms with Crippen molar-refractivity contribution in [3.8, 4) is 41.9 Å². The molecule has 0 amide bonds. The molecule has 1 N–H and O–H groups in total. The summed E-state index contributed by atoms with van der Waals surface area (Å²) in [5, 5.41) is 18.8. The van der Waals surface area contributed by atoms with Crippen LogP contribution in [0.1, 0.15) is 51.5 Å². The molecule has 2 unspecified atom stereocenters. The summed E-state index contributed by atoms with van der Waals surface area (Å²) < 4.78 is 32.3. The van der Waals surface area contributed by atoms with Gasteiger partial charge in [0.25, 0.3) is 0 Å². The van der Waals surface area contributed by atoms with E-state index in [-0.39, 0.29) is 17.3 Å². The van der Waals surface area contributed by atoms with E-state index in [1.807, 2.05) is 13.8 Å². The number of phenolic OH excluding ortho intramolecular Hbond substituents is 1. The quantitative estimate of drug-likeness (QED) is 0.262. The van der Waals surface area contributed by atoms with Crippen molar-refractivity contribution in [2.24, 2.45) is 0 Å². The average molecular weight is 601 g/mol. The SMILES string of the molecule is C#Cc1c(F)ccc2cc(O)cc(-c3cc4nc(OC)ncc4c(N4CCCC4)n3)c12.C#N.CC.FC1CC2CCCN2C1. The summed E-state index contributed by atoms with van der Waals surface area (Å²) in [5.41, 5.74) is 1.87. The largest absolute Gasteiger partial charge is 0.508 e. The fraction of sp³-hybridized carbons (Fsp3) is 0.412. The van der Waals surface area contributed by atoms with Gasteiger partial charge in [0, 0.05) is 49.4 Å². The Labute approximate surface area is 257 Å². The van der Waals surface area contributed by atoms with E-state index in [4.69, 9.17) is 21.4 Å². The van der Waals surface area contributed by atoms with Crippen molar-refractivity contribution in [1.82, 2.24) is 19.9 Å². The van der Waals surface area contributed by atoms with Crippen molar-refractivity contribution in [3.63, 3.8) is 0 Å². The molecular formula is C34H38F2N6O2. The number of aromatic hydroxyl groups is 1. The second-order valence-corrected chi connectivity index (χ2v) is 10.6. The number of hydrogen-bond acceptors (Lipinski definition) is 8. The van der Waals surface area contributed by atoms with Crippen LogP contribution in [0.25, 0.3) is 32.9 Å². The lowest BCUT2D eigenvalue weighted by Gasteiger charge is -2.20. The number of methoxy groups -OCH3 is 1. The van der Waals surface area contributed by atoms with Crippen LogP contribution in [0.2, 0.25) is 0 Å². The molecule has 2 aromatic carbocycles. The van der Waals surface area contributed by atoms with E-state index in [9.17, 15) is 13.9 Å². The maximum atomic E-state index is 14.5. The molecule has 10 heteroatoms. The maximum absolute atomic E-state index is 14.5. The van der Waals surface area contributed by atoms with Crippen molar-refractivity contribution in [2.75, 3.05) is 38.2 Å². The molecule has 0 aliphatic carbocycles. The highest BCUT2D eigenvalue weighted by Gasteiger charge is 2.34. The van der Waals surface area contributed by atoms with Crippen LogP contribution >= 0.6 is 0 Å². The van der Waals surface area contributed by atoms with Crippen molar-refractivity contribution < 1.29 is 18.6 Å². The number of anilines is 1. The molecule has 7 rings (SSSR count). The molecule has 44 heavy (non-hydrogen) atoms. The van der Waals surface area contributed by atoms with E-state index < -0.39 is 12.0 Å². The van der Waals surface area contributed by atoms with Gasteiger partial charge in [-0.15, -0.1) is 6.42 Å². The van der Waals surface area contributed by atoms with Crippen LogP contribution in [-0.2, 0) is 0 Å². The second kappa shape index (κ2) is 14.8. The summed E-state index contributed by atoms with van der Waals surface area (Å²) in [4.78, 5) is 18.1. The average Bonchev–Trinajstić information content (AvgIpc) is 3.81. The molecule has 8 nitrogen and oxygen atoms in total. The van der Waals surface area contributed by atoms with Crippen molar-refractivity contribution in [3.05, 3.63) is 47.9 Å². The molecule has 3 aliphatic heterocycles. The fourth-order valence-electron chi connectivity index (χ4n) is 6.20. The normalized spacial score (nSPS) is 18.7. The summed E-state index contributed by atoms with van der Waals surface area (Å²) >= 11 is 0. The number of alkyl halides is 1. The highest BCUT2D eigenvalue weighted by Crippen LogP contribution is 2.38. The van der Waals surface area contributed by atoms with E-state index in [1.165, 1.54) is 26.0 Å². The van der Waals surface area contributed by atoms with Crippen molar-refractivity contribution >= 4 is 27.5 Å². The summed E-state index contributed by atoms with van der Waals surface area (Å²) in [6, 6.07) is 8.67. The minimum Gasteiger partial charge on any atom is -0.508 e. The third kappa shape index (κ3) is 6.66.